The largest absolute Gasteiger partial charge is 0.0622 e. The molecule has 0 fully saturated rings. The average Bonchev–Trinajstić information content (AvgIpc) is 3.39. The Morgan fingerprint density at radius 1 is 0.317 bits per heavy atom. The third-order valence-electron chi connectivity index (χ3n) is 8.58. The molecule has 0 nitrogen and oxygen atoms in total. The van der Waals surface area contributed by atoms with E-state index in [1.807, 2.05) is 0 Å². The maximum atomic E-state index is 2.33. The van der Waals surface area contributed by atoms with Crippen LogP contribution in [-0.4, -0.2) is 0 Å². The van der Waals surface area contributed by atoms with Crippen LogP contribution < -0.4 is 0 Å². The molecule has 192 valence electrons. The third-order valence-corrected chi connectivity index (χ3v) is 8.58. The summed E-state index contributed by atoms with van der Waals surface area (Å²) in [5.74, 6) is 0.283. The van der Waals surface area contributed by atoms with E-state index in [4.69, 9.17) is 0 Å². The minimum Gasteiger partial charge on any atom is -0.0622 e. The summed E-state index contributed by atoms with van der Waals surface area (Å²) in [6, 6.07) is 59.9. The Bertz CT molecular complexity index is 1970. The van der Waals surface area contributed by atoms with E-state index >= 15 is 0 Å². The Labute approximate surface area is 241 Å². The minimum atomic E-state index is 0.283. The average molecular weight is 521 g/mol. The Morgan fingerprint density at radius 2 is 0.829 bits per heavy atom. The van der Waals surface area contributed by atoms with E-state index in [9.17, 15) is 0 Å². The van der Waals surface area contributed by atoms with Crippen molar-refractivity contribution in [2.75, 3.05) is 0 Å². The van der Waals surface area contributed by atoms with Crippen LogP contribution in [0.5, 0.6) is 0 Å². The standard InChI is InChI=1S/C41H28/c1-2-10-31(11-3-1)40-27-34(26-33-12-4-5-13-35(33)40)30-20-18-28(19-21-30)29-22-24-32(25-23-29)41-38-16-8-6-14-36(38)37-15-7-9-17-39(37)41/h1-27,41H. The van der Waals surface area contributed by atoms with Gasteiger partial charge in [-0.1, -0.05) is 152 Å². The highest BCUT2D eigenvalue weighted by Gasteiger charge is 2.29. The highest BCUT2D eigenvalue weighted by Crippen LogP contribution is 2.48. The molecule has 0 heterocycles. The number of hydrogen-bond donors (Lipinski definition) is 0. The maximum Gasteiger partial charge on any atom is 0.0352 e. The maximum absolute atomic E-state index is 2.33. The first kappa shape index (κ1) is 23.7. The molecule has 0 aromatic heterocycles. The molecule has 0 radical (unpaired) electrons. The predicted molar refractivity (Wildman–Crippen MR) is 173 cm³/mol. The van der Waals surface area contributed by atoms with Crippen LogP contribution >= 0.6 is 0 Å². The van der Waals surface area contributed by atoms with Crippen molar-refractivity contribution in [2.24, 2.45) is 0 Å². The molecule has 1 aliphatic carbocycles. The molecule has 0 N–H and O–H groups in total. The second kappa shape index (κ2) is 9.77. The topological polar surface area (TPSA) is 0 Å². The van der Waals surface area contributed by atoms with E-state index in [0.717, 1.165) is 0 Å². The molecule has 0 heteroatoms. The summed E-state index contributed by atoms with van der Waals surface area (Å²) >= 11 is 0. The summed E-state index contributed by atoms with van der Waals surface area (Å²) < 4.78 is 0. The molecule has 0 aliphatic heterocycles. The molecule has 0 saturated carbocycles. The zero-order valence-corrected chi connectivity index (χ0v) is 22.7. The molecule has 8 rings (SSSR count). The van der Waals surface area contributed by atoms with Crippen molar-refractivity contribution in [3.63, 3.8) is 0 Å². The Balaban J connectivity index is 1.12. The Morgan fingerprint density at radius 3 is 1.49 bits per heavy atom. The number of benzene rings is 7. The van der Waals surface area contributed by atoms with Crippen LogP contribution in [0.1, 0.15) is 22.6 Å². The first-order valence-corrected chi connectivity index (χ1v) is 14.3. The molecule has 0 amide bonds. The molecule has 0 saturated heterocycles. The van der Waals surface area contributed by atoms with Gasteiger partial charge >= 0.3 is 0 Å². The lowest BCUT2D eigenvalue weighted by molar-refractivity contribution is 1.02. The van der Waals surface area contributed by atoms with E-state index in [-0.39, 0.29) is 5.92 Å². The van der Waals surface area contributed by atoms with Crippen molar-refractivity contribution in [2.45, 2.75) is 5.92 Å². The van der Waals surface area contributed by atoms with Crippen LogP contribution in [0, 0.1) is 0 Å². The van der Waals surface area contributed by atoms with Gasteiger partial charge < -0.3 is 0 Å². The van der Waals surface area contributed by atoms with Gasteiger partial charge in [-0.25, -0.2) is 0 Å². The second-order valence-electron chi connectivity index (χ2n) is 10.9. The van der Waals surface area contributed by atoms with Crippen molar-refractivity contribution in [1.29, 1.82) is 0 Å². The lowest BCUT2D eigenvalue weighted by atomic mass is 9.88. The molecule has 41 heavy (non-hydrogen) atoms. The van der Waals surface area contributed by atoms with Gasteiger partial charge in [-0.15, -0.1) is 0 Å². The molecule has 0 unspecified atom stereocenters. The van der Waals surface area contributed by atoms with Gasteiger partial charge in [0.05, 0.1) is 0 Å². The lowest BCUT2D eigenvalue weighted by Gasteiger charge is -2.15. The summed E-state index contributed by atoms with van der Waals surface area (Å²) in [7, 11) is 0. The van der Waals surface area contributed by atoms with Gasteiger partial charge in [-0.05, 0) is 84.1 Å². The minimum absolute atomic E-state index is 0.283. The van der Waals surface area contributed by atoms with Crippen LogP contribution in [0.3, 0.4) is 0 Å². The zero-order chi connectivity index (χ0) is 27.2. The number of hydrogen-bond acceptors (Lipinski definition) is 0. The molecule has 7 aromatic rings. The van der Waals surface area contributed by atoms with Crippen molar-refractivity contribution in [3.8, 4) is 44.5 Å². The fourth-order valence-corrected chi connectivity index (χ4v) is 6.57. The van der Waals surface area contributed by atoms with Crippen LogP contribution in [0.15, 0.2) is 164 Å². The van der Waals surface area contributed by atoms with Gasteiger partial charge in [0.15, 0.2) is 0 Å². The normalized spacial score (nSPS) is 12.3. The summed E-state index contributed by atoms with van der Waals surface area (Å²) in [5.41, 5.74) is 14.3. The first-order valence-electron chi connectivity index (χ1n) is 14.3. The highest BCUT2D eigenvalue weighted by atomic mass is 14.3. The molecule has 0 atom stereocenters. The van der Waals surface area contributed by atoms with E-state index in [1.165, 1.54) is 72.0 Å². The fraction of sp³-hybridized carbons (Fsp3) is 0.0244. The van der Waals surface area contributed by atoms with Crippen molar-refractivity contribution in [1.82, 2.24) is 0 Å². The summed E-state index contributed by atoms with van der Waals surface area (Å²) in [5, 5.41) is 2.55. The second-order valence-corrected chi connectivity index (χ2v) is 10.9. The smallest absolute Gasteiger partial charge is 0.0352 e. The SMILES string of the molecule is c1ccc(-c2cc(-c3ccc(-c4ccc(C5c6ccccc6-c6ccccc65)cc4)cc3)cc3ccccc23)cc1. The van der Waals surface area contributed by atoms with Crippen molar-refractivity contribution < 1.29 is 0 Å². The molecular weight excluding hydrogens is 492 g/mol. The van der Waals surface area contributed by atoms with E-state index in [2.05, 4.69) is 164 Å². The molecule has 7 aromatic carbocycles. The van der Waals surface area contributed by atoms with Gasteiger partial charge in [0.25, 0.3) is 0 Å². The molecule has 0 spiro atoms. The van der Waals surface area contributed by atoms with Crippen LogP contribution in [0.25, 0.3) is 55.3 Å². The molecule has 1 aliphatic rings. The quantitative estimate of drug-likeness (QED) is 0.216. The predicted octanol–water partition coefficient (Wildman–Crippen LogP) is 11.0. The van der Waals surface area contributed by atoms with Crippen LogP contribution in [0.2, 0.25) is 0 Å². The number of fused-ring (bicyclic) bond motifs is 4. The summed E-state index contributed by atoms with van der Waals surface area (Å²) in [6.45, 7) is 0. The number of rotatable bonds is 4. The van der Waals surface area contributed by atoms with Crippen molar-refractivity contribution >= 4 is 10.8 Å². The van der Waals surface area contributed by atoms with Gasteiger partial charge in [0.2, 0.25) is 0 Å². The van der Waals surface area contributed by atoms with Gasteiger partial charge in [-0.3, -0.25) is 0 Å². The highest BCUT2D eigenvalue weighted by molar-refractivity contribution is 6.00. The van der Waals surface area contributed by atoms with Gasteiger partial charge in [0.1, 0.15) is 0 Å². The van der Waals surface area contributed by atoms with E-state index < -0.39 is 0 Å². The van der Waals surface area contributed by atoms with Crippen molar-refractivity contribution in [3.05, 3.63) is 180 Å². The van der Waals surface area contributed by atoms with Gasteiger partial charge in [0, 0.05) is 5.92 Å². The Kier molecular flexibility index (Phi) is 5.64. The van der Waals surface area contributed by atoms with E-state index in [1.54, 1.807) is 0 Å². The Hall–Kier alpha value is -5.20. The van der Waals surface area contributed by atoms with Crippen LogP contribution in [-0.2, 0) is 0 Å². The molecular formula is C41H28. The fourth-order valence-electron chi connectivity index (χ4n) is 6.57. The first-order chi connectivity index (χ1) is 20.3. The lowest BCUT2D eigenvalue weighted by Crippen LogP contribution is -1.98. The summed E-state index contributed by atoms with van der Waals surface area (Å²) in [4.78, 5) is 0. The van der Waals surface area contributed by atoms with E-state index in [0.29, 0.717) is 0 Å². The monoisotopic (exact) mass is 520 g/mol. The van der Waals surface area contributed by atoms with Crippen LogP contribution in [0.4, 0.5) is 0 Å². The third kappa shape index (κ3) is 4.08. The zero-order valence-electron chi connectivity index (χ0n) is 22.7. The molecule has 0 bridgehead atoms. The van der Waals surface area contributed by atoms with Gasteiger partial charge in [-0.2, -0.15) is 0 Å². The summed E-state index contributed by atoms with van der Waals surface area (Å²) in [6.07, 6.45) is 0.